The summed E-state index contributed by atoms with van der Waals surface area (Å²) in [6, 6.07) is 4.49. The van der Waals surface area contributed by atoms with Crippen LogP contribution in [-0.2, 0) is 0 Å². The van der Waals surface area contributed by atoms with E-state index < -0.39 is 0 Å². The first-order valence-corrected chi connectivity index (χ1v) is 6.93. The van der Waals surface area contributed by atoms with Gasteiger partial charge in [0.2, 0.25) is 0 Å². The molecule has 96 valence electrons. The molecule has 3 nitrogen and oxygen atoms in total. The van der Waals surface area contributed by atoms with E-state index in [1.165, 1.54) is 0 Å². The molecule has 1 atom stereocenters. The zero-order valence-electron chi connectivity index (χ0n) is 11.2. The summed E-state index contributed by atoms with van der Waals surface area (Å²) < 4.78 is 0.958. The Hall–Kier alpha value is -1.16. The number of nitrogens with zero attached hydrogens (tertiary/aromatic N) is 3. The second-order valence-corrected chi connectivity index (χ2v) is 5.86. The van der Waals surface area contributed by atoms with Gasteiger partial charge >= 0.3 is 0 Å². The highest BCUT2D eigenvalue weighted by Crippen LogP contribution is 2.27. The maximum Gasteiger partial charge on any atom is 0.112 e. The second kappa shape index (κ2) is 5.22. The summed E-state index contributed by atoms with van der Waals surface area (Å²) >= 11 is 3.43. The van der Waals surface area contributed by atoms with E-state index in [1.807, 2.05) is 24.5 Å². The van der Waals surface area contributed by atoms with Crippen LogP contribution in [0.5, 0.6) is 0 Å². The Balaban J connectivity index is 2.51. The van der Waals surface area contributed by atoms with Gasteiger partial charge in [-0.1, -0.05) is 13.8 Å². The van der Waals surface area contributed by atoms with Crippen molar-refractivity contribution in [2.24, 2.45) is 5.92 Å². The first kappa shape index (κ1) is 13.3. The lowest BCUT2D eigenvalue weighted by Crippen LogP contribution is -2.33. The summed E-state index contributed by atoms with van der Waals surface area (Å²) in [5.41, 5.74) is 3.01. The number of rotatable bonds is 3. The molecule has 0 aromatic carbocycles. The van der Waals surface area contributed by atoms with Crippen LogP contribution in [0.2, 0.25) is 0 Å². The molecule has 0 aliphatic heterocycles. The highest BCUT2D eigenvalue weighted by Gasteiger charge is 2.16. The molecule has 2 rings (SSSR count). The fourth-order valence-corrected chi connectivity index (χ4v) is 2.26. The molecule has 0 aliphatic carbocycles. The van der Waals surface area contributed by atoms with Gasteiger partial charge in [0.1, 0.15) is 5.52 Å². The van der Waals surface area contributed by atoms with Crippen LogP contribution in [0.1, 0.15) is 20.8 Å². The zero-order chi connectivity index (χ0) is 13.3. The van der Waals surface area contributed by atoms with Crippen LogP contribution in [0, 0.1) is 5.92 Å². The van der Waals surface area contributed by atoms with Gasteiger partial charge in [0, 0.05) is 30.0 Å². The first-order chi connectivity index (χ1) is 8.50. The van der Waals surface area contributed by atoms with Crippen LogP contribution < -0.4 is 4.90 Å². The van der Waals surface area contributed by atoms with Crippen molar-refractivity contribution in [2.45, 2.75) is 26.8 Å². The molecular formula is C14H18BrN3. The molecule has 0 saturated carbocycles. The third-order valence-electron chi connectivity index (χ3n) is 3.48. The summed E-state index contributed by atoms with van der Waals surface area (Å²) in [5.74, 6) is 0.591. The van der Waals surface area contributed by atoms with Gasteiger partial charge in [-0.2, -0.15) is 0 Å². The molecule has 0 N–H and O–H groups in total. The van der Waals surface area contributed by atoms with Gasteiger partial charge in [-0.3, -0.25) is 9.97 Å². The number of hydrogen-bond donors (Lipinski definition) is 0. The average Bonchev–Trinajstić information content (AvgIpc) is 2.35. The molecule has 4 heteroatoms. The van der Waals surface area contributed by atoms with Gasteiger partial charge in [0.05, 0.1) is 11.2 Å². The van der Waals surface area contributed by atoms with Gasteiger partial charge in [-0.25, -0.2) is 0 Å². The van der Waals surface area contributed by atoms with Gasteiger partial charge in [-0.15, -0.1) is 0 Å². The summed E-state index contributed by atoms with van der Waals surface area (Å²) in [4.78, 5) is 11.1. The van der Waals surface area contributed by atoms with Crippen molar-refractivity contribution < 1.29 is 0 Å². The van der Waals surface area contributed by atoms with E-state index in [2.05, 4.69) is 58.6 Å². The quantitative estimate of drug-likeness (QED) is 0.862. The summed E-state index contributed by atoms with van der Waals surface area (Å²) in [6.07, 6.45) is 3.66. The fraction of sp³-hybridized carbons (Fsp3) is 0.429. The fourth-order valence-electron chi connectivity index (χ4n) is 1.94. The van der Waals surface area contributed by atoms with Crippen molar-refractivity contribution in [2.75, 3.05) is 11.9 Å². The Labute approximate surface area is 116 Å². The molecule has 2 heterocycles. The van der Waals surface area contributed by atoms with Crippen LogP contribution in [0.15, 0.2) is 29.0 Å². The lowest BCUT2D eigenvalue weighted by atomic mass is 10.0. The first-order valence-electron chi connectivity index (χ1n) is 6.14. The molecular weight excluding hydrogens is 290 g/mol. The minimum Gasteiger partial charge on any atom is -0.370 e. The van der Waals surface area contributed by atoms with E-state index in [-0.39, 0.29) is 0 Å². The van der Waals surface area contributed by atoms with E-state index in [0.717, 1.165) is 21.2 Å². The van der Waals surface area contributed by atoms with E-state index >= 15 is 0 Å². The van der Waals surface area contributed by atoms with Crippen molar-refractivity contribution in [3.63, 3.8) is 0 Å². The Kier molecular flexibility index (Phi) is 3.85. The molecule has 0 amide bonds. The van der Waals surface area contributed by atoms with Gasteiger partial charge in [-0.05, 0) is 40.9 Å². The minimum absolute atomic E-state index is 0.459. The monoisotopic (exact) mass is 307 g/mol. The molecule has 2 aromatic rings. The highest BCUT2D eigenvalue weighted by atomic mass is 79.9. The van der Waals surface area contributed by atoms with Crippen molar-refractivity contribution >= 4 is 32.7 Å². The molecule has 0 radical (unpaired) electrons. The van der Waals surface area contributed by atoms with Crippen molar-refractivity contribution in [3.8, 4) is 0 Å². The smallest absolute Gasteiger partial charge is 0.112 e. The number of fused-ring (bicyclic) bond motifs is 1. The Morgan fingerprint density at radius 2 is 1.94 bits per heavy atom. The molecule has 1 unspecified atom stereocenters. The molecule has 2 aromatic heterocycles. The van der Waals surface area contributed by atoms with E-state index in [9.17, 15) is 0 Å². The summed E-state index contributed by atoms with van der Waals surface area (Å²) in [6.45, 7) is 6.69. The van der Waals surface area contributed by atoms with E-state index in [0.29, 0.717) is 12.0 Å². The third-order valence-corrected chi connectivity index (χ3v) is 3.91. The van der Waals surface area contributed by atoms with Crippen LogP contribution in [0.3, 0.4) is 0 Å². The maximum absolute atomic E-state index is 4.49. The third kappa shape index (κ3) is 2.48. The van der Waals surface area contributed by atoms with Crippen molar-refractivity contribution in [1.29, 1.82) is 0 Å². The Bertz CT molecular complexity index is 554. The van der Waals surface area contributed by atoms with Crippen molar-refractivity contribution in [1.82, 2.24) is 9.97 Å². The lowest BCUT2D eigenvalue weighted by Gasteiger charge is -2.30. The largest absolute Gasteiger partial charge is 0.370 e. The molecule has 0 aliphatic rings. The number of pyridine rings is 2. The molecule has 0 spiro atoms. The average molecular weight is 308 g/mol. The van der Waals surface area contributed by atoms with Crippen LogP contribution in [0.4, 0.5) is 5.69 Å². The van der Waals surface area contributed by atoms with Gasteiger partial charge in [0.25, 0.3) is 0 Å². The molecule has 0 fully saturated rings. The van der Waals surface area contributed by atoms with Gasteiger partial charge < -0.3 is 4.90 Å². The zero-order valence-corrected chi connectivity index (χ0v) is 12.8. The van der Waals surface area contributed by atoms with E-state index in [1.54, 1.807) is 0 Å². The normalized spacial score (nSPS) is 13.0. The highest BCUT2D eigenvalue weighted by molar-refractivity contribution is 9.10. The van der Waals surface area contributed by atoms with E-state index in [4.69, 9.17) is 0 Å². The number of hydrogen-bond acceptors (Lipinski definition) is 3. The molecule has 0 saturated heterocycles. The minimum atomic E-state index is 0.459. The molecule has 18 heavy (non-hydrogen) atoms. The SMILES string of the molecule is CC(C)C(C)N(C)c1ccnc2cc(Br)cnc12. The Morgan fingerprint density at radius 1 is 1.22 bits per heavy atom. The Morgan fingerprint density at radius 3 is 2.61 bits per heavy atom. The number of halogens is 1. The lowest BCUT2D eigenvalue weighted by molar-refractivity contribution is 0.506. The predicted octanol–water partition coefficient (Wildman–Crippen LogP) is 3.87. The number of anilines is 1. The standard InChI is InChI=1S/C14H18BrN3/c1-9(2)10(3)18(4)13-5-6-16-12-7-11(15)8-17-14(12)13/h5-10H,1-4H3. The predicted molar refractivity (Wildman–Crippen MR) is 79.9 cm³/mol. The summed E-state index contributed by atoms with van der Waals surface area (Å²) in [5, 5.41) is 0. The second-order valence-electron chi connectivity index (χ2n) is 4.95. The van der Waals surface area contributed by atoms with Crippen LogP contribution in [0.25, 0.3) is 11.0 Å². The maximum atomic E-state index is 4.49. The van der Waals surface area contributed by atoms with Crippen LogP contribution >= 0.6 is 15.9 Å². The topological polar surface area (TPSA) is 29.0 Å². The molecule has 0 bridgehead atoms. The van der Waals surface area contributed by atoms with Crippen molar-refractivity contribution in [3.05, 3.63) is 29.0 Å². The summed E-state index contributed by atoms with van der Waals surface area (Å²) in [7, 11) is 2.11. The van der Waals surface area contributed by atoms with Crippen LogP contribution in [-0.4, -0.2) is 23.1 Å². The number of aromatic nitrogens is 2. The van der Waals surface area contributed by atoms with Gasteiger partial charge in [0.15, 0.2) is 0 Å².